The Labute approximate surface area is 112 Å². The van der Waals surface area contributed by atoms with Gasteiger partial charge in [0.25, 0.3) is 5.91 Å². The van der Waals surface area contributed by atoms with E-state index in [2.05, 4.69) is 10.7 Å². The van der Waals surface area contributed by atoms with Crippen molar-refractivity contribution in [3.8, 4) is 5.75 Å². The van der Waals surface area contributed by atoms with E-state index in [0.29, 0.717) is 17.9 Å². The van der Waals surface area contributed by atoms with E-state index in [1.54, 1.807) is 24.3 Å². The number of nitrogens with one attached hydrogen (secondary N) is 2. The molecule has 2 amide bonds. The van der Waals surface area contributed by atoms with Crippen LogP contribution in [0, 0.1) is 0 Å². The van der Waals surface area contributed by atoms with Crippen LogP contribution in [0.1, 0.15) is 26.7 Å². The van der Waals surface area contributed by atoms with Crippen LogP contribution in [0.5, 0.6) is 5.75 Å². The molecule has 1 rings (SSSR count). The average molecular weight is 265 g/mol. The molecule has 1 unspecified atom stereocenters. The molecule has 4 N–H and O–H groups in total. The van der Waals surface area contributed by atoms with Gasteiger partial charge in [0, 0.05) is 6.92 Å². The standard InChI is InChI=1S/C13H19N3O3/c1-3-6-12(13(18)16-14)19-11-8-5-4-7-10(11)15-9(2)17/h4-5,7-8,12H,3,6,14H2,1-2H3,(H,15,17)(H,16,18). The van der Waals surface area contributed by atoms with Gasteiger partial charge in [-0.1, -0.05) is 25.5 Å². The zero-order valence-corrected chi connectivity index (χ0v) is 11.1. The molecule has 1 aromatic carbocycles. The van der Waals surface area contributed by atoms with Crippen LogP contribution in [0.4, 0.5) is 5.69 Å². The summed E-state index contributed by atoms with van der Waals surface area (Å²) in [5, 5.41) is 2.65. The number of benzene rings is 1. The molecule has 1 atom stereocenters. The highest BCUT2D eigenvalue weighted by molar-refractivity contribution is 5.90. The summed E-state index contributed by atoms with van der Waals surface area (Å²) in [5.41, 5.74) is 2.61. The topological polar surface area (TPSA) is 93.4 Å². The van der Waals surface area contributed by atoms with Crippen molar-refractivity contribution in [1.82, 2.24) is 5.43 Å². The lowest BCUT2D eigenvalue weighted by Gasteiger charge is -2.19. The average Bonchev–Trinajstić information content (AvgIpc) is 2.39. The summed E-state index contributed by atoms with van der Waals surface area (Å²) in [6, 6.07) is 6.94. The molecule has 0 radical (unpaired) electrons. The number of para-hydroxylation sites is 2. The highest BCUT2D eigenvalue weighted by Gasteiger charge is 2.19. The molecule has 0 aliphatic carbocycles. The number of carbonyl (C=O) groups is 2. The lowest BCUT2D eigenvalue weighted by Crippen LogP contribution is -2.42. The van der Waals surface area contributed by atoms with Crippen molar-refractivity contribution in [1.29, 1.82) is 0 Å². The van der Waals surface area contributed by atoms with Crippen LogP contribution in [0.3, 0.4) is 0 Å². The summed E-state index contributed by atoms with van der Waals surface area (Å²) >= 11 is 0. The van der Waals surface area contributed by atoms with Gasteiger partial charge in [-0.3, -0.25) is 15.0 Å². The van der Waals surface area contributed by atoms with Crippen molar-refractivity contribution in [2.24, 2.45) is 5.84 Å². The maximum absolute atomic E-state index is 11.6. The van der Waals surface area contributed by atoms with Gasteiger partial charge in [-0.25, -0.2) is 5.84 Å². The minimum absolute atomic E-state index is 0.202. The summed E-state index contributed by atoms with van der Waals surface area (Å²) in [6.45, 7) is 3.35. The second-order valence-electron chi connectivity index (χ2n) is 4.08. The fourth-order valence-electron chi connectivity index (χ4n) is 1.61. The number of hydrogen-bond donors (Lipinski definition) is 3. The first kappa shape index (κ1) is 15.0. The lowest BCUT2D eigenvalue weighted by atomic mass is 10.2. The Morgan fingerprint density at radius 3 is 2.63 bits per heavy atom. The molecule has 6 nitrogen and oxygen atoms in total. The fourth-order valence-corrected chi connectivity index (χ4v) is 1.61. The Hall–Kier alpha value is -2.08. The Morgan fingerprint density at radius 1 is 1.37 bits per heavy atom. The van der Waals surface area contributed by atoms with Gasteiger partial charge >= 0.3 is 0 Å². The molecule has 0 aliphatic heterocycles. The van der Waals surface area contributed by atoms with E-state index in [-0.39, 0.29) is 11.8 Å². The van der Waals surface area contributed by atoms with Gasteiger partial charge in [-0.05, 0) is 18.6 Å². The van der Waals surface area contributed by atoms with E-state index in [4.69, 9.17) is 10.6 Å². The summed E-state index contributed by atoms with van der Waals surface area (Å²) in [5.74, 6) is 4.98. The third kappa shape index (κ3) is 4.59. The number of anilines is 1. The maximum Gasteiger partial charge on any atom is 0.274 e. The van der Waals surface area contributed by atoms with Gasteiger partial charge in [0.1, 0.15) is 5.75 Å². The monoisotopic (exact) mass is 265 g/mol. The van der Waals surface area contributed by atoms with Crippen LogP contribution in [0.25, 0.3) is 0 Å². The fraction of sp³-hybridized carbons (Fsp3) is 0.385. The summed E-state index contributed by atoms with van der Waals surface area (Å²) in [7, 11) is 0. The molecule has 6 heteroatoms. The van der Waals surface area contributed by atoms with E-state index >= 15 is 0 Å². The highest BCUT2D eigenvalue weighted by Crippen LogP contribution is 2.25. The molecule has 0 fully saturated rings. The molecule has 0 aromatic heterocycles. The van der Waals surface area contributed by atoms with Crippen LogP contribution in [-0.2, 0) is 9.59 Å². The van der Waals surface area contributed by atoms with Gasteiger partial charge in [0.05, 0.1) is 5.69 Å². The summed E-state index contributed by atoms with van der Waals surface area (Å²) in [4.78, 5) is 22.7. The zero-order valence-electron chi connectivity index (χ0n) is 11.1. The Kier molecular flexibility index (Phi) is 5.81. The number of rotatable bonds is 6. The quantitative estimate of drug-likeness (QED) is 0.409. The molecule has 0 bridgehead atoms. The molecule has 0 saturated carbocycles. The van der Waals surface area contributed by atoms with Crippen LogP contribution >= 0.6 is 0 Å². The van der Waals surface area contributed by atoms with Gasteiger partial charge < -0.3 is 10.1 Å². The lowest BCUT2D eigenvalue weighted by molar-refractivity contribution is -0.128. The van der Waals surface area contributed by atoms with Gasteiger partial charge in [-0.2, -0.15) is 0 Å². The van der Waals surface area contributed by atoms with Gasteiger partial charge in [0.2, 0.25) is 5.91 Å². The zero-order chi connectivity index (χ0) is 14.3. The molecule has 19 heavy (non-hydrogen) atoms. The predicted molar refractivity (Wildman–Crippen MR) is 72.4 cm³/mol. The van der Waals surface area contributed by atoms with Gasteiger partial charge in [0.15, 0.2) is 6.10 Å². The number of carbonyl (C=O) groups excluding carboxylic acids is 2. The summed E-state index contributed by atoms with van der Waals surface area (Å²) < 4.78 is 5.63. The first-order valence-corrected chi connectivity index (χ1v) is 6.12. The molecule has 1 aromatic rings. The highest BCUT2D eigenvalue weighted by atomic mass is 16.5. The number of nitrogens with two attached hydrogens (primary N) is 1. The van der Waals surface area contributed by atoms with Crippen molar-refractivity contribution in [2.45, 2.75) is 32.8 Å². The number of ether oxygens (including phenoxy) is 1. The van der Waals surface area contributed by atoms with Crippen LogP contribution in [0.15, 0.2) is 24.3 Å². The van der Waals surface area contributed by atoms with Crippen molar-refractivity contribution < 1.29 is 14.3 Å². The molecular weight excluding hydrogens is 246 g/mol. The normalized spacial score (nSPS) is 11.5. The van der Waals surface area contributed by atoms with Gasteiger partial charge in [-0.15, -0.1) is 0 Å². The van der Waals surface area contributed by atoms with Crippen molar-refractivity contribution in [3.05, 3.63) is 24.3 Å². The minimum atomic E-state index is -0.676. The van der Waals surface area contributed by atoms with Crippen molar-refractivity contribution in [3.63, 3.8) is 0 Å². The molecule has 0 saturated heterocycles. The molecule has 0 heterocycles. The minimum Gasteiger partial charge on any atom is -0.478 e. The second-order valence-corrected chi connectivity index (χ2v) is 4.08. The van der Waals surface area contributed by atoms with E-state index in [9.17, 15) is 9.59 Å². The Bertz CT molecular complexity index is 449. The van der Waals surface area contributed by atoms with E-state index in [1.807, 2.05) is 6.92 Å². The Morgan fingerprint density at radius 2 is 2.05 bits per heavy atom. The molecule has 104 valence electrons. The first-order chi connectivity index (χ1) is 9.08. The first-order valence-electron chi connectivity index (χ1n) is 6.12. The number of hydrazine groups is 1. The van der Waals surface area contributed by atoms with E-state index < -0.39 is 6.10 Å². The third-order valence-corrected chi connectivity index (χ3v) is 2.45. The van der Waals surface area contributed by atoms with Crippen molar-refractivity contribution >= 4 is 17.5 Å². The van der Waals surface area contributed by atoms with Crippen molar-refractivity contribution in [2.75, 3.05) is 5.32 Å². The SMILES string of the molecule is CCCC(Oc1ccccc1NC(C)=O)C(=O)NN. The third-order valence-electron chi connectivity index (χ3n) is 2.45. The van der Waals surface area contributed by atoms with E-state index in [1.165, 1.54) is 6.92 Å². The number of hydrogen-bond acceptors (Lipinski definition) is 4. The number of amides is 2. The summed E-state index contributed by atoms with van der Waals surface area (Å²) in [6.07, 6.45) is 0.641. The Balaban J connectivity index is 2.89. The molecule has 0 aliphatic rings. The van der Waals surface area contributed by atoms with Crippen LogP contribution < -0.4 is 21.3 Å². The maximum atomic E-state index is 11.6. The molecular formula is C13H19N3O3. The van der Waals surface area contributed by atoms with Crippen LogP contribution in [-0.4, -0.2) is 17.9 Å². The smallest absolute Gasteiger partial charge is 0.274 e. The largest absolute Gasteiger partial charge is 0.478 e. The second kappa shape index (κ2) is 7.38. The van der Waals surface area contributed by atoms with Crippen LogP contribution in [0.2, 0.25) is 0 Å². The van der Waals surface area contributed by atoms with E-state index in [0.717, 1.165) is 6.42 Å². The predicted octanol–water partition coefficient (Wildman–Crippen LogP) is 1.18. The molecule has 0 spiro atoms.